The summed E-state index contributed by atoms with van der Waals surface area (Å²) in [6, 6.07) is 19.5. The molecule has 0 aromatic heterocycles. The minimum Gasteiger partial charge on any atom is -0.387 e. The first-order valence-corrected chi connectivity index (χ1v) is 10.1. The van der Waals surface area contributed by atoms with Crippen molar-refractivity contribution in [3.63, 3.8) is 0 Å². The molecule has 2 heterocycles. The molecule has 2 aliphatic heterocycles. The summed E-state index contributed by atoms with van der Waals surface area (Å²) >= 11 is 1.46. The van der Waals surface area contributed by atoms with Crippen LogP contribution in [0.15, 0.2) is 65.6 Å². The summed E-state index contributed by atoms with van der Waals surface area (Å²) in [6.07, 6.45) is -2.79. The maximum absolute atomic E-state index is 11.0. The molecule has 0 unspecified atom stereocenters. The molecule has 2 aromatic rings. The topological polar surface area (TPSA) is 66.4 Å². The van der Waals surface area contributed by atoms with E-state index in [1.54, 1.807) is 7.11 Å². The van der Waals surface area contributed by atoms with Crippen molar-refractivity contribution in [2.45, 2.75) is 41.0 Å². The average Bonchev–Trinajstić information content (AvgIpc) is 2.75. The van der Waals surface area contributed by atoms with Gasteiger partial charge in [0.15, 0.2) is 6.29 Å². The Morgan fingerprint density at radius 2 is 1.75 bits per heavy atom. The van der Waals surface area contributed by atoms with E-state index in [9.17, 15) is 5.11 Å². The lowest BCUT2D eigenvalue weighted by atomic mass is 9.98. The molecule has 6 atom stereocenters. The Hall–Kier alpha value is -1.45. The highest BCUT2D eigenvalue weighted by Crippen LogP contribution is 2.39. The van der Waals surface area contributed by atoms with Gasteiger partial charge in [0, 0.05) is 17.6 Å². The summed E-state index contributed by atoms with van der Waals surface area (Å²) < 4.78 is 29.1. The summed E-state index contributed by atoms with van der Waals surface area (Å²) in [6.45, 7) is 0.420. The van der Waals surface area contributed by atoms with E-state index < -0.39 is 30.0 Å². The monoisotopic (exact) mass is 404 g/mol. The van der Waals surface area contributed by atoms with Gasteiger partial charge in [-0.15, -0.1) is 0 Å². The van der Waals surface area contributed by atoms with Gasteiger partial charge in [-0.3, -0.25) is 0 Å². The summed E-state index contributed by atoms with van der Waals surface area (Å²) in [5, 5.41) is 11.0. The van der Waals surface area contributed by atoms with Crippen molar-refractivity contribution in [1.82, 2.24) is 0 Å². The molecule has 2 fully saturated rings. The Labute approximate surface area is 168 Å². The average molecular weight is 404 g/mol. The van der Waals surface area contributed by atoms with Gasteiger partial charge in [0.1, 0.15) is 36.6 Å². The second-order valence-corrected chi connectivity index (χ2v) is 7.85. The van der Waals surface area contributed by atoms with Gasteiger partial charge in [-0.05, 0) is 12.1 Å². The molecule has 1 N–H and O–H groups in total. The van der Waals surface area contributed by atoms with E-state index in [-0.39, 0.29) is 12.9 Å². The first-order valence-electron chi connectivity index (χ1n) is 9.24. The van der Waals surface area contributed by atoms with Crippen LogP contribution in [0.3, 0.4) is 0 Å². The number of rotatable bonds is 6. The van der Waals surface area contributed by atoms with Crippen LogP contribution in [0, 0.1) is 0 Å². The fourth-order valence-electron chi connectivity index (χ4n) is 3.41. The number of methoxy groups -OCH3 is 1. The van der Waals surface area contributed by atoms with Crippen LogP contribution in [0.2, 0.25) is 0 Å². The van der Waals surface area contributed by atoms with Crippen molar-refractivity contribution in [2.75, 3.05) is 20.5 Å². The second-order valence-electron chi connectivity index (χ2n) is 6.68. The molecular formula is C21H24O6S. The number of aliphatic hydroxyl groups excluding tert-OH is 1. The summed E-state index contributed by atoms with van der Waals surface area (Å²) in [5.74, 6) is 0. The molecular weight excluding hydrogens is 380 g/mol. The Bertz CT molecular complexity index is 730. The lowest BCUT2D eigenvalue weighted by Gasteiger charge is -2.47. The van der Waals surface area contributed by atoms with Gasteiger partial charge in [-0.25, -0.2) is 0 Å². The number of ether oxygens (including phenoxy) is 5. The van der Waals surface area contributed by atoms with Gasteiger partial charge in [0.25, 0.3) is 0 Å². The van der Waals surface area contributed by atoms with Gasteiger partial charge in [-0.2, -0.15) is 0 Å². The number of fused-ring (bicyclic) bond motifs is 1. The SMILES string of the molecule is COCO[C@@H]1[C@@H](O)[C@H](Sc2ccccc2)O[C@@H]2CO[C@@H](c3ccccc3)O[C@@H]12. The van der Waals surface area contributed by atoms with Gasteiger partial charge in [-0.1, -0.05) is 60.3 Å². The lowest BCUT2D eigenvalue weighted by molar-refractivity contribution is -0.329. The Balaban J connectivity index is 1.51. The summed E-state index contributed by atoms with van der Waals surface area (Å²) in [4.78, 5) is 1.01. The van der Waals surface area contributed by atoms with Crippen LogP contribution in [-0.4, -0.2) is 55.5 Å². The van der Waals surface area contributed by atoms with Crippen molar-refractivity contribution < 1.29 is 28.8 Å². The molecule has 6 nitrogen and oxygen atoms in total. The minimum absolute atomic E-state index is 0.0634. The van der Waals surface area contributed by atoms with E-state index in [1.807, 2.05) is 60.7 Å². The summed E-state index contributed by atoms with van der Waals surface area (Å²) in [5.41, 5.74) is 0.424. The van der Waals surface area contributed by atoms with E-state index >= 15 is 0 Å². The number of hydrogen-bond donors (Lipinski definition) is 1. The number of benzene rings is 2. The number of thioether (sulfide) groups is 1. The smallest absolute Gasteiger partial charge is 0.184 e. The van der Waals surface area contributed by atoms with Gasteiger partial charge in [0.05, 0.1) is 6.61 Å². The van der Waals surface area contributed by atoms with Gasteiger partial charge < -0.3 is 28.8 Å². The van der Waals surface area contributed by atoms with Crippen LogP contribution in [-0.2, 0) is 23.7 Å². The Morgan fingerprint density at radius 3 is 2.46 bits per heavy atom. The molecule has 7 heteroatoms. The molecule has 0 bridgehead atoms. The highest BCUT2D eigenvalue weighted by Gasteiger charge is 2.50. The zero-order valence-corrected chi connectivity index (χ0v) is 16.4. The highest BCUT2D eigenvalue weighted by atomic mass is 32.2. The van der Waals surface area contributed by atoms with Gasteiger partial charge in [0.2, 0.25) is 0 Å². The van der Waals surface area contributed by atoms with Crippen molar-refractivity contribution in [1.29, 1.82) is 0 Å². The van der Waals surface area contributed by atoms with E-state index in [1.165, 1.54) is 11.8 Å². The van der Waals surface area contributed by atoms with Crippen molar-refractivity contribution in [3.05, 3.63) is 66.2 Å². The number of hydrogen-bond acceptors (Lipinski definition) is 7. The molecule has 2 aromatic carbocycles. The van der Waals surface area contributed by atoms with E-state index in [4.69, 9.17) is 23.7 Å². The lowest BCUT2D eigenvalue weighted by Crippen LogP contribution is -2.61. The molecule has 0 aliphatic carbocycles. The molecule has 0 amide bonds. The third-order valence-corrected chi connectivity index (χ3v) is 5.92. The quantitative estimate of drug-likeness (QED) is 0.743. The van der Waals surface area contributed by atoms with Crippen LogP contribution >= 0.6 is 11.8 Å². The fourth-order valence-corrected chi connectivity index (χ4v) is 4.49. The maximum Gasteiger partial charge on any atom is 0.184 e. The molecule has 2 aliphatic rings. The first-order chi connectivity index (χ1) is 13.8. The molecule has 0 saturated carbocycles. The van der Waals surface area contributed by atoms with E-state index in [0.717, 1.165) is 10.5 Å². The number of aliphatic hydroxyl groups is 1. The first kappa shape index (κ1) is 19.8. The highest BCUT2D eigenvalue weighted by molar-refractivity contribution is 7.99. The van der Waals surface area contributed by atoms with Crippen LogP contribution in [0.5, 0.6) is 0 Å². The minimum atomic E-state index is -0.879. The predicted molar refractivity (Wildman–Crippen MR) is 104 cm³/mol. The molecule has 28 heavy (non-hydrogen) atoms. The normalized spacial score (nSPS) is 32.6. The molecule has 150 valence electrons. The third-order valence-electron chi connectivity index (χ3n) is 4.75. The van der Waals surface area contributed by atoms with Crippen LogP contribution < -0.4 is 0 Å². The molecule has 4 rings (SSSR count). The molecule has 2 saturated heterocycles. The zero-order valence-electron chi connectivity index (χ0n) is 15.5. The largest absolute Gasteiger partial charge is 0.387 e. The zero-order chi connectivity index (χ0) is 19.3. The van der Waals surface area contributed by atoms with Crippen LogP contribution in [0.1, 0.15) is 11.9 Å². The Morgan fingerprint density at radius 1 is 1.04 bits per heavy atom. The molecule has 0 spiro atoms. The van der Waals surface area contributed by atoms with E-state index in [0.29, 0.717) is 6.61 Å². The maximum atomic E-state index is 11.0. The van der Waals surface area contributed by atoms with Crippen molar-refractivity contribution in [2.24, 2.45) is 0 Å². The van der Waals surface area contributed by atoms with Crippen LogP contribution in [0.25, 0.3) is 0 Å². The fraction of sp³-hybridized carbons (Fsp3) is 0.429. The Kier molecular flexibility index (Phi) is 6.64. The standard InChI is InChI=1S/C21H24O6S/c1-23-13-25-19-17(22)21(28-15-10-6-3-7-11-15)26-16-12-24-20(27-18(16)19)14-8-4-2-5-9-14/h2-11,16-22H,12-13H2,1H3/t16-,17-,18-,19-,20-,21+/m1/s1. The third kappa shape index (κ3) is 4.41. The van der Waals surface area contributed by atoms with Crippen molar-refractivity contribution >= 4 is 11.8 Å². The predicted octanol–water partition coefficient (Wildman–Crippen LogP) is 2.97. The van der Waals surface area contributed by atoms with E-state index in [2.05, 4.69) is 0 Å². The summed E-state index contributed by atoms with van der Waals surface area (Å²) in [7, 11) is 1.55. The molecule has 0 radical (unpaired) electrons. The second kappa shape index (κ2) is 9.37. The van der Waals surface area contributed by atoms with Crippen LogP contribution in [0.4, 0.5) is 0 Å². The van der Waals surface area contributed by atoms with Crippen molar-refractivity contribution in [3.8, 4) is 0 Å². The van der Waals surface area contributed by atoms with Gasteiger partial charge >= 0.3 is 0 Å².